The van der Waals surface area contributed by atoms with Gasteiger partial charge in [-0.2, -0.15) is 0 Å². The Hall–Kier alpha value is -2.66. The molecule has 0 aliphatic heterocycles. The molecule has 3 heteroatoms. The first-order valence-electron chi connectivity index (χ1n) is 9.26. The van der Waals surface area contributed by atoms with E-state index in [-0.39, 0.29) is 0 Å². The van der Waals surface area contributed by atoms with E-state index in [0.717, 1.165) is 11.3 Å². The van der Waals surface area contributed by atoms with Crippen LogP contribution in [0, 0.1) is 17.4 Å². The van der Waals surface area contributed by atoms with E-state index in [1.54, 1.807) is 0 Å². The molecule has 1 aromatic heterocycles. The van der Waals surface area contributed by atoms with Crippen molar-refractivity contribution in [1.29, 1.82) is 0 Å². The maximum Gasteiger partial charge on any atom is 0.0630 e. The Morgan fingerprint density at radius 1 is 0.786 bits per heavy atom. The van der Waals surface area contributed by atoms with Crippen LogP contribution in [0.2, 0.25) is 0 Å². The second kappa shape index (κ2) is 8.15. The first-order valence-corrected chi connectivity index (χ1v) is 10.3. The van der Waals surface area contributed by atoms with Gasteiger partial charge >= 0.3 is 0 Å². The van der Waals surface area contributed by atoms with Crippen LogP contribution in [0.15, 0.2) is 89.9 Å². The SMILES string of the molecule is Cc1cc(C=Nc2ccc(-c3ccccc3)cc2)c(C)n1-c1ccc(I)cc1. The normalized spacial score (nSPS) is 11.2. The highest BCUT2D eigenvalue weighted by Gasteiger charge is 2.09. The van der Waals surface area contributed by atoms with Crippen LogP contribution >= 0.6 is 22.6 Å². The van der Waals surface area contributed by atoms with E-state index < -0.39 is 0 Å². The zero-order valence-electron chi connectivity index (χ0n) is 15.9. The van der Waals surface area contributed by atoms with E-state index >= 15 is 0 Å². The molecule has 0 spiro atoms. The highest BCUT2D eigenvalue weighted by atomic mass is 127. The molecule has 0 aliphatic rings. The molecular weight excluding hydrogens is 455 g/mol. The highest BCUT2D eigenvalue weighted by molar-refractivity contribution is 14.1. The molecule has 0 saturated heterocycles. The lowest BCUT2D eigenvalue weighted by Crippen LogP contribution is -1.99. The van der Waals surface area contributed by atoms with Gasteiger partial charge in [0.1, 0.15) is 0 Å². The number of aromatic nitrogens is 1. The molecule has 0 atom stereocenters. The highest BCUT2D eigenvalue weighted by Crippen LogP contribution is 2.24. The lowest BCUT2D eigenvalue weighted by atomic mass is 10.1. The molecule has 0 aliphatic carbocycles. The topological polar surface area (TPSA) is 17.3 Å². The predicted octanol–water partition coefficient (Wildman–Crippen LogP) is 7.12. The van der Waals surface area contributed by atoms with Crippen molar-refractivity contribution in [3.8, 4) is 16.8 Å². The van der Waals surface area contributed by atoms with Crippen molar-refractivity contribution in [3.05, 3.63) is 105 Å². The van der Waals surface area contributed by atoms with E-state index in [4.69, 9.17) is 4.99 Å². The van der Waals surface area contributed by atoms with Gasteiger partial charge in [0, 0.05) is 32.4 Å². The molecule has 0 bridgehead atoms. The minimum atomic E-state index is 0.957. The third kappa shape index (κ3) is 3.94. The number of benzene rings is 3. The number of hydrogen-bond acceptors (Lipinski definition) is 1. The Bertz CT molecular complexity index is 1110. The fraction of sp³-hybridized carbons (Fsp3) is 0.0800. The van der Waals surface area contributed by atoms with E-state index in [1.807, 2.05) is 12.3 Å². The van der Waals surface area contributed by atoms with Crippen LogP contribution in [-0.4, -0.2) is 10.8 Å². The summed E-state index contributed by atoms with van der Waals surface area (Å²) in [6, 6.07) is 29.6. The van der Waals surface area contributed by atoms with Gasteiger partial charge in [-0.25, -0.2) is 0 Å². The van der Waals surface area contributed by atoms with Gasteiger partial charge in [0.2, 0.25) is 0 Å². The molecule has 0 unspecified atom stereocenters. The summed E-state index contributed by atoms with van der Waals surface area (Å²) in [4.78, 5) is 4.69. The van der Waals surface area contributed by atoms with E-state index in [9.17, 15) is 0 Å². The van der Waals surface area contributed by atoms with Crippen molar-refractivity contribution < 1.29 is 0 Å². The quantitative estimate of drug-likeness (QED) is 0.221. The lowest BCUT2D eigenvalue weighted by molar-refractivity contribution is 0.964. The molecule has 4 aromatic rings. The Morgan fingerprint density at radius 3 is 2.11 bits per heavy atom. The lowest BCUT2D eigenvalue weighted by Gasteiger charge is -2.09. The minimum Gasteiger partial charge on any atom is -0.318 e. The summed E-state index contributed by atoms with van der Waals surface area (Å²) in [5.74, 6) is 0. The summed E-state index contributed by atoms with van der Waals surface area (Å²) in [7, 11) is 0. The smallest absolute Gasteiger partial charge is 0.0630 e. The molecule has 0 saturated carbocycles. The molecule has 0 radical (unpaired) electrons. The molecule has 1 heterocycles. The molecule has 28 heavy (non-hydrogen) atoms. The average Bonchev–Trinajstić information content (AvgIpc) is 3.01. The first kappa shape index (κ1) is 18.7. The number of nitrogens with zero attached hydrogens (tertiary/aromatic N) is 2. The molecule has 3 aromatic carbocycles. The van der Waals surface area contributed by atoms with Gasteiger partial charge in [-0.05, 0) is 90.0 Å². The molecule has 0 amide bonds. The van der Waals surface area contributed by atoms with E-state index in [0.29, 0.717) is 0 Å². The summed E-state index contributed by atoms with van der Waals surface area (Å²) in [5, 5.41) is 0. The first-order chi connectivity index (χ1) is 13.6. The standard InChI is InChI=1S/C25H21IN2/c1-18-16-22(19(2)28(18)25-14-10-23(26)11-15-25)17-27-24-12-8-21(9-13-24)20-6-4-3-5-7-20/h3-17H,1-2H3. The van der Waals surface area contributed by atoms with Crippen LogP contribution in [0.4, 0.5) is 5.69 Å². The van der Waals surface area contributed by atoms with Crippen LogP contribution in [0.5, 0.6) is 0 Å². The van der Waals surface area contributed by atoms with E-state index in [1.165, 1.54) is 31.8 Å². The summed E-state index contributed by atoms with van der Waals surface area (Å²) >= 11 is 2.33. The maximum absolute atomic E-state index is 4.69. The van der Waals surface area contributed by atoms with Crippen LogP contribution < -0.4 is 0 Å². The van der Waals surface area contributed by atoms with Gasteiger partial charge < -0.3 is 4.57 Å². The number of halogens is 1. The molecule has 138 valence electrons. The molecule has 4 rings (SSSR count). The van der Waals surface area contributed by atoms with Crippen LogP contribution in [-0.2, 0) is 0 Å². The number of aliphatic imine (C=N–C) groups is 1. The van der Waals surface area contributed by atoms with Gasteiger partial charge in [0.15, 0.2) is 0 Å². The summed E-state index contributed by atoms with van der Waals surface area (Å²) < 4.78 is 3.51. The number of aryl methyl sites for hydroxylation is 1. The Morgan fingerprint density at radius 2 is 1.43 bits per heavy atom. The van der Waals surface area contributed by atoms with E-state index in [2.05, 4.69) is 120 Å². The molecule has 2 nitrogen and oxygen atoms in total. The van der Waals surface area contributed by atoms with Crippen molar-refractivity contribution in [2.24, 2.45) is 4.99 Å². The van der Waals surface area contributed by atoms with Crippen LogP contribution in [0.25, 0.3) is 16.8 Å². The van der Waals surface area contributed by atoms with Crippen LogP contribution in [0.1, 0.15) is 17.0 Å². The van der Waals surface area contributed by atoms with Gasteiger partial charge in [0.05, 0.1) is 5.69 Å². The van der Waals surface area contributed by atoms with Gasteiger partial charge in [-0.3, -0.25) is 4.99 Å². The molecular formula is C25H21IN2. The fourth-order valence-electron chi connectivity index (χ4n) is 3.42. The second-order valence-corrected chi connectivity index (χ2v) is 8.06. The van der Waals surface area contributed by atoms with Crippen LogP contribution in [0.3, 0.4) is 0 Å². The van der Waals surface area contributed by atoms with Crippen molar-refractivity contribution in [1.82, 2.24) is 4.57 Å². The largest absolute Gasteiger partial charge is 0.318 e. The zero-order valence-corrected chi connectivity index (χ0v) is 18.1. The number of hydrogen-bond donors (Lipinski definition) is 0. The second-order valence-electron chi connectivity index (χ2n) is 6.81. The van der Waals surface area contributed by atoms with Crippen molar-refractivity contribution in [2.45, 2.75) is 13.8 Å². The summed E-state index contributed by atoms with van der Waals surface area (Å²) in [6.07, 6.45) is 1.96. The van der Waals surface area contributed by atoms with Crippen molar-refractivity contribution in [2.75, 3.05) is 0 Å². The Kier molecular flexibility index (Phi) is 5.44. The Balaban J connectivity index is 1.58. The van der Waals surface area contributed by atoms with Gasteiger partial charge in [-0.15, -0.1) is 0 Å². The predicted molar refractivity (Wildman–Crippen MR) is 127 cm³/mol. The van der Waals surface area contributed by atoms with Crippen molar-refractivity contribution in [3.63, 3.8) is 0 Å². The third-order valence-electron chi connectivity index (χ3n) is 4.88. The zero-order chi connectivity index (χ0) is 19.5. The minimum absolute atomic E-state index is 0.957. The van der Waals surface area contributed by atoms with Crippen molar-refractivity contribution >= 4 is 34.5 Å². The number of rotatable bonds is 4. The van der Waals surface area contributed by atoms with Gasteiger partial charge in [0.25, 0.3) is 0 Å². The monoisotopic (exact) mass is 476 g/mol. The van der Waals surface area contributed by atoms with Gasteiger partial charge in [-0.1, -0.05) is 42.5 Å². The fourth-order valence-corrected chi connectivity index (χ4v) is 3.78. The summed E-state index contributed by atoms with van der Waals surface area (Å²) in [5.41, 5.74) is 8.11. The third-order valence-corrected chi connectivity index (χ3v) is 5.60. The summed E-state index contributed by atoms with van der Waals surface area (Å²) in [6.45, 7) is 4.28. The molecule has 0 N–H and O–H groups in total. The molecule has 0 fully saturated rings. The Labute approximate surface area is 179 Å². The maximum atomic E-state index is 4.69. The average molecular weight is 476 g/mol.